The highest BCUT2D eigenvalue weighted by atomic mass is 16.2. The van der Waals surface area contributed by atoms with Crippen LogP contribution in [-0.2, 0) is 0 Å². The van der Waals surface area contributed by atoms with Gasteiger partial charge in [-0.25, -0.2) is 4.79 Å². The van der Waals surface area contributed by atoms with Gasteiger partial charge in [-0.15, -0.1) is 0 Å². The number of nitrogens with one attached hydrogen (secondary N) is 2. The number of hydrogen-bond donors (Lipinski definition) is 2. The maximum Gasteiger partial charge on any atom is 0.321 e. The minimum absolute atomic E-state index is 0.0422. The predicted molar refractivity (Wildman–Crippen MR) is 118 cm³/mol. The van der Waals surface area contributed by atoms with Gasteiger partial charge in [0.2, 0.25) is 0 Å². The van der Waals surface area contributed by atoms with E-state index in [1.165, 1.54) is 0 Å². The molecule has 2 aliphatic rings. The van der Waals surface area contributed by atoms with Gasteiger partial charge in [-0.3, -0.25) is 9.89 Å². The van der Waals surface area contributed by atoms with Crippen LogP contribution in [0.15, 0.2) is 65.5 Å². The van der Waals surface area contributed by atoms with E-state index in [4.69, 9.17) is 0 Å². The molecule has 0 bridgehead atoms. The lowest BCUT2D eigenvalue weighted by molar-refractivity contribution is 0.229. The summed E-state index contributed by atoms with van der Waals surface area (Å²) < 4.78 is 0. The van der Waals surface area contributed by atoms with E-state index < -0.39 is 0 Å². The molecule has 2 amide bonds. The van der Waals surface area contributed by atoms with Crippen LogP contribution in [0.3, 0.4) is 0 Å². The topological polar surface area (TPSA) is 56.7 Å². The van der Waals surface area contributed by atoms with Gasteiger partial charge >= 0.3 is 6.03 Å². The van der Waals surface area contributed by atoms with Gasteiger partial charge in [-0.1, -0.05) is 50.5 Å². The molecule has 0 aromatic carbocycles. The molecule has 2 aliphatic heterocycles. The standard InChI is InChI=1S/C23H34N4O/c1-7-9-10-19(8-2)17(4)25-21-13-20(14-24-15-21)16(3)11-12-22-18(5)27(6)23(28)26-22/h7-10,13,15-17,20,22,25H,2,5,11-12,14H2,1,3-4,6H3,(H,26,28)/b9-7-,19-10+/t16?,17-,20+,22?/m0/s1. The molecule has 5 nitrogen and oxygen atoms in total. The van der Waals surface area contributed by atoms with Crippen molar-refractivity contribution in [2.75, 3.05) is 13.6 Å². The quantitative estimate of drug-likeness (QED) is 0.588. The summed E-state index contributed by atoms with van der Waals surface area (Å²) in [5.74, 6) is 0.854. The van der Waals surface area contributed by atoms with Gasteiger partial charge in [-0.05, 0) is 38.2 Å². The lowest BCUT2D eigenvalue weighted by Crippen LogP contribution is -2.31. The fourth-order valence-electron chi connectivity index (χ4n) is 3.53. The Balaban J connectivity index is 1.93. The van der Waals surface area contributed by atoms with Crippen molar-refractivity contribution >= 4 is 12.2 Å². The van der Waals surface area contributed by atoms with Crippen molar-refractivity contribution in [3.05, 3.63) is 60.5 Å². The fraction of sp³-hybridized carbons (Fsp3) is 0.478. The molecule has 0 saturated carbocycles. The summed E-state index contributed by atoms with van der Waals surface area (Å²) in [5.41, 5.74) is 3.06. The van der Waals surface area contributed by atoms with Crippen molar-refractivity contribution in [2.45, 2.75) is 45.7 Å². The number of nitrogens with zero attached hydrogens (tertiary/aromatic N) is 2. The van der Waals surface area contributed by atoms with E-state index in [1.54, 1.807) is 11.9 Å². The Hall–Kier alpha value is -2.56. The van der Waals surface area contributed by atoms with Crippen LogP contribution in [0.25, 0.3) is 0 Å². The minimum Gasteiger partial charge on any atom is -0.378 e. The molecule has 28 heavy (non-hydrogen) atoms. The number of likely N-dealkylation sites (N-methyl/N-ethyl adjacent to an activating group) is 1. The zero-order valence-electron chi connectivity index (χ0n) is 17.6. The van der Waals surface area contributed by atoms with Gasteiger partial charge in [0.25, 0.3) is 0 Å². The summed E-state index contributed by atoms with van der Waals surface area (Å²) in [7, 11) is 1.76. The third-order valence-corrected chi connectivity index (χ3v) is 5.62. The zero-order chi connectivity index (χ0) is 20.7. The van der Waals surface area contributed by atoms with Crippen LogP contribution in [0, 0.1) is 11.8 Å². The van der Waals surface area contributed by atoms with E-state index in [-0.39, 0.29) is 18.1 Å². The molecule has 1 saturated heterocycles. The number of carbonyl (C=O) groups is 1. The van der Waals surface area contributed by atoms with Gasteiger partial charge < -0.3 is 10.6 Å². The van der Waals surface area contributed by atoms with Crippen molar-refractivity contribution in [1.29, 1.82) is 0 Å². The van der Waals surface area contributed by atoms with Crippen LogP contribution in [0.5, 0.6) is 0 Å². The van der Waals surface area contributed by atoms with Crippen molar-refractivity contribution in [2.24, 2.45) is 16.8 Å². The Bertz CT molecular complexity index is 716. The molecule has 2 unspecified atom stereocenters. The number of allylic oxidation sites excluding steroid dienone is 4. The summed E-state index contributed by atoms with van der Waals surface area (Å²) in [6.45, 7) is 15.1. The summed E-state index contributed by atoms with van der Waals surface area (Å²) >= 11 is 0. The molecule has 5 heteroatoms. The van der Waals surface area contributed by atoms with Crippen LogP contribution in [0.4, 0.5) is 4.79 Å². The maximum absolute atomic E-state index is 11.7. The second-order valence-electron chi connectivity index (χ2n) is 7.65. The van der Waals surface area contributed by atoms with Crippen molar-refractivity contribution < 1.29 is 4.79 Å². The maximum atomic E-state index is 11.7. The van der Waals surface area contributed by atoms with E-state index >= 15 is 0 Å². The number of carbonyl (C=O) groups excluding carboxylic acids is 1. The first kappa shape index (κ1) is 21.7. The van der Waals surface area contributed by atoms with Crippen molar-refractivity contribution in [1.82, 2.24) is 15.5 Å². The zero-order valence-corrected chi connectivity index (χ0v) is 17.6. The normalized spacial score (nSPS) is 24.9. The largest absolute Gasteiger partial charge is 0.378 e. The number of amides is 2. The molecule has 2 heterocycles. The lowest BCUT2D eigenvalue weighted by atomic mass is 9.87. The molecule has 0 aromatic rings. The van der Waals surface area contributed by atoms with Crippen molar-refractivity contribution in [3.8, 4) is 0 Å². The summed E-state index contributed by atoms with van der Waals surface area (Å²) in [4.78, 5) is 17.9. The molecule has 4 atom stereocenters. The van der Waals surface area contributed by atoms with Gasteiger partial charge in [0.15, 0.2) is 0 Å². The van der Waals surface area contributed by atoms with Gasteiger partial charge in [0.1, 0.15) is 0 Å². The van der Waals surface area contributed by atoms with E-state index in [9.17, 15) is 4.79 Å². The summed E-state index contributed by atoms with van der Waals surface area (Å²) in [6.07, 6.45) is 14.1. The van der Waals surface area contributed by atoms with Crippen LogP contribution in [0.1, 0.15) is 33.6 Å². The Kier molecular flexibility index (Phi) is 7.85. The average Bonchev–Trinajstić information content (AvgIpc) is 2.93. The number of rotatable bonds is 9. The van der Waals surface area contributed by atoms with Gasteiger partial charge in [-0.2, -0.15) is 0 Å². The highest BCUT2D eigenvalue weighted by molar-refractivity contribution is 5.80. The highest BCUT2D eigenvalue weighted by Crippen LogP contribution is 2.26. The van der Waals surface area contributed by atoms with Gasteiger partial charge in [0, 0.05) is 43.2 Å². The van der Waals surface area contributed by atoms with Crippen molar-refractivity contribution in [3.63, 3.8) is 0 Å². The molecule has 2 N–H and O–H groups in total. The number of hydrogen-bond acceptors (Lipinski definition) is 3. The second kappa shape index (κ2) is 10.1. The highest BCUT2D eigenvalue weighted by Gasteiger charge is 2.30. The second-order valence-corrected chi connectivity index (χ2v) is 7.65. The molecule has 2 rings (SSSR count). The molecular formula is C23H34N4O. The first-order valence-electron chi connectivity index (χ1n) is 10.0. The minimum atomic E-state index is -0.0608. The average molecular weight is 383 g/mol. The van der Waals surface area contributed by atoms with Crippen LogP contribution >= 0.6 is 0 Å². The first-order valence-corrected chi connectivity index (χ1v) is 10.0. The molecule has 0 aromatic heterocycles. The first-order chi connectivity index (χ1) is 13.4. The van der Waals surface area contributed by atoms with Gasteiger partial charge in [0.05, 0.1) is 6.04 Å². The number of dihydropyridines is 1. The van der Waals surface area contributed by atoms with E-state index in [0.29, 0.717) is 11.8 Å². The molecule has 152 valence electrons. The summed E-state index contributed by atoms with van der Waals surface area (Å²) in [6, 6.07) is 0.142. The molecule has 0 radical (unpaired) electrons. The Morgan fingerprint density at radius 1 is 1.50 bits per heavy atom. The molecular weight excluding hydrogens is 348 g/mol. The molecule has 1 fully saturated rings. The lowest BCUT2D eigenvalue weighted by Gasteiger charge is -2.26. The van der Waals surface area contributed by atoms with Crippen LogP contribution in [-0.4, -0.2) is 42.8 Å². The monoisotopic (exact) mass is 382 g/mol. The third kappa shape index (κ3) is 5.47. The van der Waals surface area contributed by atoms with Crippen LogP contribution in [0.2, 0.25) is 0 Å². The Morgan fingerprint density at radius 2 is 2.25 bits per heavy atom. The van der Waals surface area contributed by atoms with E-state index in [1.807, 2.05) is 31.4 Å². The fourth-order valence-corrected chi connectivity index (χ4v) is 3.53. The van der Waals surface area contributed by atoms with Crippen LogP contribution < -0.4 is 10.6 Å². The Labute approximate surface area is 169 Å². The molecule has 0 aliphatic carbocycles. The predicted octanol–water partition coefficient (Wildman–Crippen LogP) is 4.19. The Morgan fingerprint density at radius 3 is 2.86 bits per heavy atom. The summed E-state index contributed by atoms with van der Waals surface area (Å²) in [5, 5.41) is 6.53. The van der Waals surface area contributed by atoms with E-state index in [0.717, 1.165) is 36.4 Å². The molecule has 0 spiro atoms. The smallest absolute Gasteiger partial charge is 0.321 e. The number of urea groups is 1. The van der Waals surface area contributed by atoms with E-state index in [2.05, 4.69) is 54.8 Å². The number of aliphatic imine (C=N–C) groups is 1. The third-order valence-electron chi connectivity index (χ3n) is 5.62. The SMILES string of the molecule is C=C/C(=C\C=C/C)[C@H](C)NC1=C[C@@H](C(C)CCC2NC(=O)N(C)C2=C)CN=C1.